The van der Waals surface area contributed by atoms with Gasteiger partial charge in [-0.15, -0.1) is 11.6 Å². The molecule has 0 amide bonds. The summed E-state index contributed by atoms with van der Waals surface area (Å²) in [6.07, 6.45) is 10.0. The van der Waals surface area contributed by atoms with E-state index in [1.54, 1.807) is 0 Å². The zero-order valence-corrected chi connectivity index (χ0v) is 15.5. The third-order valence-electron chi connectivity index (χ3n) is 4.39. The summed E-state index contributed by atoms with van der Waals surface area (Å²) in [7, 11) is 0. The van der Waals surface area contributed by atoms with Gasteiger partial charge in [-0.1, -0.05) is 39.5 Å². The lowest BCUT2D eigenvalue weighted by Gasteiger charge is -2.27. The van der Waals surface area contributed by atoms with E-state index in [0.29, 0.717) is 13.2 Å². The average molecular weight is 334 g/mol. The predicted molar refractivity (Wildman–Crippen MR) is 94.9 cm³/mol. The van der Waals surface area contributed by atoms with Crippen LogP contribution in [0.1, 0.15) is 65.2 Å². The van der Waals surface area contributed by atoms with Crippen molar-refractivity contribution in [1.82, 2.24) is 4.90 Å². The smallest absolute Gasteiger partial charge is 0.0739 e. The monoisotopic (exact) mass is 333 g/mol. The van der Waals surface area contributed by atoms with Gasteiger partial charge in [0.15, 0.2) is 0 Å². The normalized spacial score (nSPS) is 22.4. The molecule has 0 heterocycles. The number of hydrogen-bond acceptors (Lipinski definition) is 3. The zero-order valence-electron chi connectivity index (χ0n) is 14.7. The van der Waals surface area contributed by atoms with E-state index in [1.807, 2.05) is 0 Å². The molecule has 0 aromatic rings. The van der Waals surface area contributed by atoms with Crippen LogP contribution in [-0.2, 0) is 9.47 Å². The maximum Gasteiger partial charge on any atom is 0.0739 e. The minimum Gasteiger partial charge on any atom is -0.378 e. The van der Waals surface area contributed by atoms with Crippen molar-refractivity contribution in [3.05, 3.63) is 0 Å². The van der Waals surface area contributed by atoms with Gasteiger partial charge >= 0.3 is 0 Å². The Bertz CT molecular complexity index is 245. The van der Waals surface area contributed by atoms with Crippen molar-refractivity contribution in [1.29, 1.82) is 0 Å². The largest absolute Gasteiger partial charge is 0.378 e. The van der Waals surface area contributed by atoms with E-state index in [4.69, 9.17) is 21.1 Å². The van der Waals surface area contributed by atoms with Crippen molar-refractivity contribution >= 4 is 11.6 Å². The average Bonchev–Trinajstić information content (AvgIpc) is 2.54. The van der Waals surface area contributed by atoms with Gasteiger partial charge in [-0.3, -0.25) is 0 Å². The number of halogens is 1. The Morgan fingerprint density at radius 3 is 2.23 bits per heavy atom. The molecule has 0 aromatic heterocycles. The summed E-state index contributed by atoms with van der Waals surface area (Å²) in [5, 5.41) is 0.201. The van der Waals surface area contributed by atoms with Crippen LogP contribution < -0.4 is 0 Å². The molecule has 1 rings (SSSR count). The molecule has 0 saturated heterocycles. The highest BCUT2D eigenvalue weighted by Crippen LogP contribution is 2.25. The molecule has 1 saturated carbocycles. The van der Waals surface area contributed by atoms with Crippen LogP contribution in [0.4, 0.5) is 0 Å². The SMILES string of the molecule is CCCCN(CCCC)CCOCCO[C@H]1CCCC[C@@H]1Cl. The standard InChI is InChI=1S/C18H36ClNO2/c1-3-5-11-20(12-6-4-2)13-14-21-15-16-22-18-10-8-7-9-17(18)19/h17-18H,3-16H2,1-2H3/t17-,18-/m0/s1. The van der Waals surface area contributed by atoms with Crippen molar-refractivity contribution in [3.63, 3.8) is 0 Å². The molecule has 0 unspecified atom stereocenters. The summed E-state index contributed by atoms with van der Waals surface area (Å²) in [6, 6.07) is 0. The van der Waals surface area contributed by atoms with Crippen LogP contribution in [0.3, 0.4) is 0 Å². The minimum atomic E-state index is 0.201. The fourth-order valence-corrected chi connectivity index (χ4v) is 3.25. The molecule has 132 valence electrons. The van der Waals surface area contributed by atoms with Crippen LogP contribution in [0.15, 0.2) is 0 Å². The van der Waals surface area contributed by atoms with Crippen LogP contribution in [0.25, 0.3) is 0 Å². The van der Waals surface area contributed by atoms with Gasteiger partial charge in [0.1, 0.15) is 0 Å². The van der Waals surface area contributed by atoms with Gasteiger partial charge in [0.25, 0.3) is 0 Å². The van der Waals surface area contributed by atoms with Crippen molar-refractivity contribution < 1.29 is 9.47 Å². The highest BCUT2D eigenvalue weighted by molar-refractivity contribution is 6.21. The zero-order chi connectivity index (χ0) is 16.0. The lowest BCUT2D eigenvalue weighted by Crippen LogP contribution is -2.31. The summed E-state index contributed by atoms with van der Waals surface area (Å²) < 4.78 is 11.6. The van der Waals surface area contributed by atoms with Crippen molar-refractivity contribution in [3.8, 4) is 0 Å². The summed E-state index contributed by atoms with van der Waals surface area (Å²) in [5.74, 6) is 0. The van der Waals surface area contributed by atoms with Gasteiger partial charge in [-0.05, 0) is 38.8 Å². The molecule has 2 atom stereocenters. The molecule has 3 nitrogen and oxygen atoms in total. The van der Waals surface area contributed by atoms with E-state index in [-0.39, 0.29) is 11.5 Å². The van der Waals surface area contributed by atoms with Crippen LogP contribution in [0.5, 0.6) is 0 Å². The fraction of sp³-hybridized carbons (Fsp3) is 1.00. The van der Waals surface area contributed by atoms with E-state index in [2.05, 4.69) is 18.7 Å². The highest BCUT2D eigenvalue weighted by Gasteiger charge is 2.23. The molecule has 1 aliphatic carbocycles. The van der Waals surface area contributed by atoms with Gasteiger partial charge in [-0.2, -0.15) is 0 Å². The van der Waals surface area contributed by atoms with Crippen LogP contribution in [-0.4, -0.2) is 55.8 Å². The molecule has 1 fully saturated rings. The Balaban J connectivity index is 2.01. The number of nitrogens with zero attached hydrogens (tertiary/aromatic N) is 1. The van der Waals surface area contributed by atoms with E-state index in [9.17, 15) is 0 Å². The van der Waals surface area contributed by atoms with Crippen molar-refractivity contribution in [2.75, 3.05) is 39.5 Å². The number of rotatable bonds is 13. The number of ether oxygens (including phenoxy) is 2. The molecule has 0 spiro atoms. The second-order valence-electron chi connectivity index (χ2n) is 6.37. The fourth-order valence-electron chi connectivity index (χ4n) is 2.89. The first-order valence-corrected chi connectivity index (χ1v) is 9.77. The number of alkyl halides is 1. The first kappa shape index (κ1) is 20.2. The lowest BCUT2D eigenvalue weighted by atomic mass is 9.97. The molecule has 0 bridgehead atoms. The molecule has 22 heavy (non-hydrogen) atoms. The van der Waals surface area contributed by atoms with E-state index in [1.165, 1.54) is 51.6 Å². The number of unbranched alkanes of at least 4 members (excludes halogenated alkanes) is 2. The Hall–Kier alpha value is 0.170. The molecule has 1 aliphatic rings. The van der Waals surface area contributed by atoms with Gasteiger partial charge in [0, 0.05) is 6.54 Å². The molecular weight excluding hydrogens is 298 g/mol. The molecule has 0 N–H and O–H groups in total. The summed E-state index contributed by atoms with van der Waals surface area (Å²) >= 11 is 6.29. The third kappa shape index (κ3) is 9.34. The first-order chi connectivity index (χ1) is 10.8. The van der Waals surface area contributed by atoms with Gasteiger partial charge in [0.05, 0.1) is 31.3 Å². The second kappa shape index (κ2) is 13.6. The molecule has 0 aromatic carbocycles. The summed E-state index contributed by atoms with van der Waals surface area (Å²) in [5.41, 5.74) is 0. The van der Waals surface area contributed by atoms with Crippen molar-refractivity contribution in [2.45, 2.75) is 76.7 Å². The third-order valence-corrected chi connectivity index (χ3v) is 4.89. The topological polar surface area (TPSA) is 21.7 Å². The van der Waals surface area contributed by atoms with E-state index >= 15 is 0 Å². The minimum absolute atomic E-state index is 0.201. The van der Waals surface area contributed by atoms with Crippen molar-refractivity contribution in [2.24, 2.45) is 0 Å². The maximum atomic E-state index is 6.29. The van der Waals surface area contributed by atoms with Gasteiger partial charge in [-0.25, -0.2) is 0 Å². The van der Waals surface area contributed by atoms with Gasteiger partial charge in [0.2, 0.25) is 0 Å². The first-order valence-electron chi connectivity index (χ1n) is 9.33. The predicted octanol–water partition coefficient (Wildman–Crippen LogP) is 4.47. The number of hydrogen-bond donors (Lipinski definition) is 0. The summed E-state index contributed by atoms with van der Waals surface area (Å²) in [4.78, 5) is 2.53. The second-order valence-corrected chi connectivity index (χ2v) is 6.93. The van der Waals surface area contributed by atoms with E-state index < -0.39 is 0 Å². The lowest BCUT2D eigenvalue weighted by molar-refractivity contribution is -0.0113. The maximum absolute atomic E-state index is 6.29. The molecular formula is C18H36ClNO2. The Labute approximate surface area is 142 Å². The quantitative estimate of drug-likeness (QED) is 0.366. The summed E-state index contributed by atoms with van der Waals surface area (Å²) in [6.45, 7) is 10.1. The molecule has 0 radical (unpaired) electrons. The van der Waals surface area contributed by atoms with Crippen LogP contribution in [0, 0.1) is 0 Å². The highest BCUT2D eigenvalue weighted by atomic mass is 35.5. The van der Waals surface area contributed by atoms with Crippen LogP contribution >= 0.6 is 11.6 Å². The van der Waals surface area contributed by atoms with Crippen LogP contribution in [0.2, 0.25) is 0 Å². The Kier molecular flexibility index (Phi) is 12.5. The van der Waals surface area contributed by atoms with Gasteiger partial charge < -0.3 is 14.4 Å². The Morgan fingerprint density at radius 2 is 1.59 bits per heavy atom. The molecule has 0 aliphatic heterocycles. The molecule has 4 heteroatoms. The Morgan fingerprint density at radius 1 is 0.909 bits per heavy atom. The van der Waals surface area contributed by atoms with E-state index in [0.717, 1.165) is 26.0 Å².